The number of benzene rings is 1. The average molecular weight is 226 g/mol. The van der Waals surface area contributed by atoms with Gasteiger partial charge in [-0.05, 0) is 29.1 Å². The van der Waals surface area contributed by atoms with Crippen LogP contribution in [0.2, 0.25) is 0 Å². The van der Waals surface area contributed by atoms with Gasteiger partial charge in [0.1, 0.15) is 0 Å². The molecule has 0 saturated heterocycles. The number of hydrogen-bond acceptors (Lipinski definition) is 2. The van der Waals surface area contributed by atoms with Gasteiger partial charge < -0.3 is 15.3 Å². The number of hydrogen-bond donors (Lipinski definition) is 3. The van der Waals surface area contributed by atoms with Crippen LogP contribution in [0.1, 0.15) is 11.3 Å². The Hall–Kier alpha value is -2.07. The van der Waals surface area contributed by atoms with Crippen molar-refractivity contribution in [1.82, 2.24) is 20.3 Å². The highest BCUT2D eigenvalue weighted by Gasteiger charge is 1.98. The molecule has 0 aliphatic carbocycles. The standard InChI is InChI=1S/C13H14N4/c1-2-13-11(3-4-16-13)5-10(1)6-14-7-12-8-15-9-17-12/h1-5,8-9,14,16H,6-7H2,(H,15,17). The Kier molecular flexibility index (Phi) is 2.63. The first-order valence-corrected chi connectivity index (χ1v) is 5.66. The van der Waals surface area contributed by atoms with Gasteiger partial charge in [-0.15, -0.1) is 0 Å². The fraction of sp³-hybridized carbons (Fsp3) is 0.154. The molecule has 3 aromatic rings. The van der Waals surface area contributed by atoms with E-state index in [1.807, 2.05) is 12.4 Å². The van der Waals surface area contributed by atoms with Crippen molar-refractivity contribution < 1.29 is 0 Å². The summed E-state index contributed by atoms with van der Waals surface area (Å²) < 4.78 is 0. The second-order valence-corrected chi connectivity index (χ2v) is 4.08. The smallest absolute Gasteiger partial charge is 0.0922 e. The predicted molar refractivity (Wildman–Crippen MR) is 67.4 cm³/mol. The Morgan fingerprint density at radius 2 is 2.12 bits per heavy atom. The number of nitrogens with zero attached hydrogens (tertiary/aromatic N) is 1. The average Bonchev–Trinajstić information content (AvgIpc) is 2.98. The van der Waals surface area contributed by atoms with Crippen molar-refractivity contribution in [3.63, 3.8) is 0 Å². The van der Waals surface area contributed by atoms with Crippen molar-refractivity contribution in [3.8, 4) is 0 Å². The molecule has 0 spiro atoms. The number of rotatable bonds is 4. The molecule has 0 unspecified atom stereocenters. The minimum absolute atomic E-state index is 0.811. The summed E-state index contributed by atoms with van der Waals surface area (Å²) in [6.45, 7) is 1.67. The molecule has 0 atom stereocenters. The van der Waals surface area contributed by atoms with E-state index >= 15 is 0 Å². The van der Waals surface area contributed by atoms with E-state index in [0.29, 0.717) is 0 Å². The van der Waals surface area contributed by atoms with Crippen molar-refractivity contribution in [1.29, 1.82) is 0 Å². The maximum absolute atomic E-state index is 3.98. The van der Waals surface area contributed by atoms with Crippen molar-refractivity contribution >= 4 is 10.9 Å². The first kappa shape index (κ1) is 10.1. The van der Waals surface area contributed by atoms with Crippen molar-refractivity contribution in [2.45, 2.75) is 13.1 Å². The van der Waals surface area contributed by atoms with Crippen LogP contribution in [0.4, 0.5) is 0 Å². The zero-order chi connectivity index (χ0) is 11.5. The van der Waals surface area contributed by atoms with E-state index in [9.17, 15) is 0 Å². The topological polar surface area (TPSA) is 56.5 Å². The van der Waals surface area contributed by atoms with Gasteiger partial charge in [0.05, 0.1) is 6.33 Å². The lowest BCUT2D eigenvalue weighted by Crippen LogP contribution is -2.12. The molecule has 0 radical (unpaired) electrons. The highest BCUT2D eigenvalue weighted by molar-refractivity contribution is 5.79. The summed E-state index contributed by atoms with van der Waals surface area (Å²) in [6, 6.07) is 8.54. The molecule has 2 heterocycles. The van der Waals surface area contributed by atoms with Gasteiger partial charge in [-0.2, -0.15) is 0 Å². The van der Waals surface area contributed by atoms with Crippen LogP contribution in [-0.4, -0.2) is 15.0 Å². The Morgan fingerprint density at radius 1 is 1.12 bits per heavy atom. The molecule has 3 rings (SSSR count). The van der Waals surface area contributed by atoms with E-state index < -0.39 is 0 Å². The fourth-order valence-electron chi connectivity index (χ4n) is 1.94. The van der Waals surface area contributed by atoms with Gasteiger partial charge in [-0.1, -0.05) is 6.07 Å². The monoisotopic (exact) mass is 226 g/mol. The van der Waals surface area contributed by atoms with Crippen molar-refractivity contribution in [2.24, 2.45) is 0 Å². The number of aromatic amines is 2. The first-order chi connectivity index (χ1) is 8.42. The van der Waals surface area contributed by atoms with Gasteiger partial charge in [0.2, 0.25) is 0 Å². The third kappa shape index (κ3) is 2.21. The van der Waals surface area contributed by atoms with E-state index in [1.165, 1.54) is 16.5 Å². The second kappa shape index (κ2) is 4.43. The predicted octanol–water partition coefficient (Wildman–Crippen LogP) is 2.18. The zero-order valence-corrected chi connectivity index (χ0v) is 9.40. The van der Waals surface area contributed by atoms with E-state index in [2.05, 4.69) is 44.5 Å². The van der Waals surface area contributed by atoms with Gasteiger partial charge in [0.15, 0.2) is 0 Å². The molecule has 4 heteroatoms. The maximum atomic E-state index is 3.98. The molecule has 0 fully saturated rings. The van der Waals surface area contributed by atoms with Gasteiger partial charge in [-0.25, -0.2) is 4.98 Å². The lowest BCUT2D eigenvalue weighted by molar-refractivity contribution is 0.683. The van der Waals surface area contributed by atoms with Crippen LogP contribution in [0.25, 0.3) is 10.9 Å². The molecular weight excluding hydrogens is 212 g/mol. The Bertz CT molecular complexity index is 595. The SMILES string of the molecule is c1ncc(CNCc2ccc3[nH]ccc3c2)[nH]1. The van der Waals surface area contributed by atoms with Crippen LogP contribution >= 0.6 is 0 Å². The highest BCUT2D eigenvalue weighted by Crippen LogP contribution is 2.14. The van der Waals surface area contributed by atoms with Gasteiger partial charge in [-0.3, -0.25) is 0 Å². The lowest BCUT2D eigenvalue weighted by Gasteiger charge is -2.03. The number of nitrogens with one attached hydrogen (secondary N) is 3. The van der Waals surface area contributed by atoms with Gasteiger partial charge >= 0.3 is 0 Å². The van der Waals surface area contributed by atoms with Crippen LogP contribution in [0.15, 0.2) is 43.0 Å². The summed E-state index contributed by atoms with van der Waals surface area (Å²) in [5, 5.41) is 4.63. The first-order valence-electron chi connectivity index (χ1n) is 5.66. The summed E-state index contributed by atoms with van der Waals surface area (Å²) in [4.78, 5) is 10.2. The Balaban J connectivity index is 1.64. The minimum Gasteiger partial charge on any atom is -0.361 e. The molecule has 0 amide bonds. The molecule has 0 bridgehead atoms. The quantitative estimate of drug-likeness (QED) is 0.638. The third-order valence-corrected chi connectivity index (χ3v) is 2.82. The highest BCUT2D eigenvalue weighted by atomic mass is 14.9. The number of H-pyrrole nitrogens is 2. The molecule has 17 heavy (non-hydrogen) atoms. The van der Waals surface area contributed by atoms with E-state index in [4.69, 9.17) is 0 Å². The van der Waals surface area contributed by atoms with E-state index in [1.54, 1.807) is 6.33 Å². The number of imidazole rings is 1. The molecule has 1 aromatic carbocycles. The normalized spacial score (nSPS) is 11.1. The third-order valence-electron chi connectivity index (χ3n) is 2.82. The molecule has 3 N–H and O–H groups in total. The zero-order valence-electron chi connectivity index (χ0n) is 9.40. The van der Waals surface area contributed by atoms with Crippen LogP contribution in [0.3, 0.4) is 0 Å². The molecule has 2 aromatic heterocycles. The molecule has 0 saturated carbocycles. The van der Waals surface area contributed by atoms with E-state index in [0.717, 1.165) is 18.8 Å². The minimum atomic E-state index is 0.811. The fourth-order valence-corrected chi connectivity index (χ4v) is 1.94. The molecule has 86 valence electrons. The van der Waals surface area contributed by atoms with Gasteiger partial charge in [0.25, 0.3) is 0 Å². The van der Waals surface area contributed by atoms with E-state index in [-0.39, 0.29) is 0 Å². The van der Waals surface area contributed by atoms with Crippen molar-refractivity contribution in [2.75, 3.05) is 0 Å². The molecular formula is C13H14N4. The number of fused-ring (bicyclic) bond motifs is 1. The Labute approximate surface area is 99.1 Å². The molecule has 0 aliphatic heterocycles. The molecule has 4 nitrogen and oxygen atoms in total. The van der Waals surface area contributed by atoms with Crippen LogP contribution < -0.4 is 5.32 Å². The Morgan fingerprint density at radius 3 is 3.00 bits per heavy atom. The van der Waals surface area contributed by atoms with Crippen molar-refractivity contribution in [3.05, 3.63) is 54.2 Å². The summed E-state index contributed by atoms with van der Waals surface area (Å²) in [7, 11) is 0. The summed E-state index contributed by atoms with van der Waals surface area (Å²) in [5.41, 5.74) is 3.58. The summed E-state index contributed by atoms with van der Waals surface area (Å²) in [5.74, 6) is 0. The summed E-state index contributed by atoms with van der Waals surface area (Å²) >= 11 is 0. The lowest BCUT2D eigenvalue weighted by atomic mass is 10.1. The summed E-state index contributed by atoms with van der Waals surface area (Å²) in [6.07, 6.45) is 5.50. The van der Waals surface area contributed by atoms with Crippen LogP contribution in [0, 0.1) is 0 Å². The molecule has 0 aliphatic rings. The maximum Gasteiger partial charge on any atom is 0.0922 e. The number of aromatic nitrogens is 3. The van der Waals surface area contributed by atoms with Crippen LogP contribution in [-0.2, 0) is 13.1 Å². The second-order valence-electron chi connectivity index (χ2n) is 4.08. The van der Waals surface area contributed by atoms with Gasteiger partial charge in [0, 0.05) is 36.7 Å². The largest absolute Gasteiger partial charge is 0.361 e. The van der Waals surface area contributed by atoms with Crippen LogP contribution in [0.5, 0.6) is 0 Å².